The van der Waals surface area contributed by atoms with Gasteiger partial charge in [0.25, 0.3) is 5.91 Å². The van der Waals surface area contributed by atoms with Crippen LogP contribution in [-0.4, -0.2) is 28.3 Å². The van der Waals surface area contributed by atoms with Gasteiger partial charge >= 0.3 is 0 Å². The van der Waals surface area contributed by atoms with Crippen molar-refractivity contribution in [3.8, 4) is 0 Å². The van der Waals surface area contributed by atoms with Crippen LogP contribution in [-0.2, 0) is 22.4 Å². The fraction of sp³-hybridized carbons (Fsp3) is 0.370. The van der Waals surface area contributed by atoms with Crippen LogP contribution < -0.4 is 5.32 Å². The molecule has 0 spiro atoms. The number of ether oxygens (including phenoxy) is 1. The minimum absolute atomic E-state index is 0.308. The van der Waals surface area contributed by atoms with Crippen molar-refractivity contribution in [2.45, 2.75) is 59.4 Å². The predicted octanol–water partition coefficient (Wildman–Crippen LogP) is 6.72. The van der Waals surface area contributed by atoms with E-state index in [4.69, 9.17) is 4.74 Å². The molecule has 0 saturated carbocycles. The van der Waals surface area contributed by atoms with Gasteiger partial charge in [-0.2, -0.15) is 0 Å². The van der Waals surface area contributed by atoms with Crippen molar-refractivity contribution >= 4 is 33.2 Å². The SMILES string of the molecule is CCCOC1=CC(C)(C)N(O)C(c2ccccc2)=C1C(=O)Nc1c(CC)cc(Br)cc1CC. The van der Waals surface area contributed by atoms with Crippen LogP contribution in [0.3, 0.4) is 0 Å². The van der Waals surface area contributed by atoms with E-state index in [0.717, 1.165) is 46.1 Å². The van der Waals surface area contributed by atoms with Gasteiger partial charge in [-0.15, -0.1) is 0 Å². The second-order valence-corrected chi connectivity index (χ2v) is 9.59. The van der Waals surface area contributed by atoms with Crippen LogP contribution in [0, 0.1) is 0 Å². The Balaban J connectivity index is 2.18. The van der Waals surface area contributed by atoms with Crippen LogP contribution in [0.4, 0.5) is 5.69 Å². The van der Waals surface area contributed by atoms with Gasteiger partial charge in [-0.1, -0.05) is 67.0 Å². The first kappa shape index (κ1) is 25.1. The van der Waals surface area contributed by atoms with E-state index in [0.29, 0.717) is 23.6 Å². The number of hydroxylamine groups is 2. The number of halogens is 1. The van der Waals surface area contributed by atoms with E-state index in [2.05, 4.69) is 35.1 Å². The van der Waals surface area contributed by atoms with Crippen molar-refractivity contribution in [2.75, 3.05) is 11.9 Å². The third-order valence-electron chi connectivity index (χ3n) is 5.73. The number of hydrogen-bond donors (Lipinski definition) is 2. The number of aryl methyl sites for hydroxylation is 2. The lowest BCUT2D eigenvalue weighted by molar-refractivity contribution is -0.114. The Morgan fingerprint density at radius 3 is 2.24 bits per heavy atom. The third kappa shape index (κ3) is 5.33. The second-order valence-electron chi connectivity index (χ2n) is 8.67. The number of nitrogens with zero attached hydrogens (tertiary/aromatic N) is 1. The lowest BCUT2D eigenvalue weighted by Crippen LogP contribution is -2.43. The largest absolute Gasteiger partial charge is 0.493 e. The van der Waals surface area contributed by atoms with Crippen molar-refractivity contribution in [1.29, 1.82) is 0 Å². The highest BCUT2D eigenvalue weighted by molar-refractivity contribution is 9.10. The Labute approximate surface area is 205 Å². The molecule has 1 aliphatic rings. The van der Waals surface area contributed by atoms with Crippen molar-refractivity contribution in [2.24, 2.45) is 0 Å². The summed E-state index contributed by atoms with van der Waals surface area (Å²) < 4.78 is 7.06. The van der Waals surface area contributed by atoms with Gasteiger partial charge in [0.2, 0.25) is 0 Å². The maximum Gasteiger partial charge on any atom is 0.261 e. The molecule has 0 unspecified atom stereocenters. The maximum absolute atomic E-state index is 13.9. The fourth-order valence-corrected chi connectivity index (χ4v) is 4.54. The maximum atomic E-state index is 13.9. The van der Waals surface area contributed by atoms with Crippen molar-refractivity contribution < 1.29 is 14.7 Å². The number of anilines is 1. The van der Waals surface area contributed by atoms with E-state index in [1.807, 2.05) is 69.3 Å². The first-order valence-electron chi connectivity index (χ1n) is 11.5. The molecule has 2 aromatic carbocycles. The zero-order valence-electron chi connectivity index (χ0n) is 20.0. The van der Waals surface area contributed by atoms with Crippen molar-refractivity contribution in [3.63, 3.8) is 0 Å². The zero-order valence-corrected chi connectivity index (χ0v) is 21.6. The molecule has 0 fully saturated rings. The Hall–Kier alpha value is -2.57. The molecule has 0 atom stereocenters. The highest BCUT2D eigenvalue weighted by atomic mass is 79.9. The molecule has 2 aromatic rings. The van der Waals surface area contributed by atoms with Gasteiger partial charge < -0.3 is 10.1 Å². The molecule has 2 N–H and O–H groups in total. The number of hydrogen-bond acceptors (Lipinski definition) is 4. The number of carbonyl (C=O) groups is 1. The first-order chi connectivity index (χ1) is 15.7. The first-order valence-corrected chi connectivity index (χ1v) is 12.3. The van der Waals surface area contributed by atoms with Gasteiger partial charge in [0, 0.05) is 15.7 Å². The topological polar surface area (TPSA) is 61.8 Å². The molecule has 0 bridgehead atoms. The van der Waals surface area contributed by atoms with Crippen molar-refractivity contribution in [3.05, 3.63) is 81.0 Å². The summed E-state index contributed by atoms with van der Waals surface area (Å²) in [6.07, 6.45) is 4.18. The summed E-state index contributed by atoms with van der Waals surface area (Å²) in [5.41, 5.74) is 3.66. The van der Waals surface area contributed by atoms with Crippen LogP contribution in [0.15, 0.2) is 64.3 Å². The molecular weight excluding hydrogens is 480 g/mol. The quantitative estimate of drug-likeness (QED) is 0.412. The number of carbonyl (C=O) groups excluding carboxylic acids is 1. The molecule has 1 heterocycles. The molecule has 0 aromatic heterocycles. The molecule has 1 amide bonds. The summed E-state index contributed by atoms with van der Waals surface area (Å²) in [5.74, 6) is 0.175. The molecule has 0 aliphatic carbocycles. The molecule has 0 radical (unpaired) electrons. The number of rotatable bonds is 8. The van der Waals surface area contributed by atoms with E-state index >= 15 is 0 Å². The molecule has 5 nitrogen and oxygen atoms in total. The van der Waals surface area contributed by atoms with Gasteiger partial charge in [0.1, 0.15) is 11.3 Å². The predicted molar refractivity (Wildman–Crippen MR) is 137 cm³/mol. The summed E-state index contributed by atoms with van der Waals surface area (Å²) in [7, 11) is 0. The molecule has 6 heteroatoms. The zero-order chi connectivity index (χ0) is 24.2. The summed E-state index contributed by atoms with van der Waals surface area (Å²) in [6.45, 7) is 10.4. The van der Waals surface area contributed by atoms with Crippen LogP contribution in [0.25, 0.3) is 5.70 Å². The van der Waals surface area contributed by atoms with Crippen LogP contribution >= 0.6 is 15.9 Å². The number of nitrogens with one attached hydrogen (secondary N) is 1. The lowest BCUT2D eigenvalue weighted by Gasteiger charge is -2.39. The Kier molecular flexibility index (Phi) is 8.03. The molecule has 176 valence electrons. The van der Waals surface area contributed by atoms with Crippen LogP contribution in [0.5, 0.6) is 0 Å². The summed E-state index contributed by atoms with van der Waals surface area (Å²) in [4.78, 5) is 13.9. The van der Waals surface area contributed by atoms with E-state index < -0.39 is 5.54 Å². The molecular formula is C27H33BrN2O3. The standard InChI is InChI=1S/C27H33BrN2O3/c1-6-14-33-22-17-27(4,5)30(32)25(20-12-10-9-11-13-20)23(22)26(31)29-24-18(7-2)15-21(28)16-19(24)8-3/h9-13,15-17,32H,6-8,14H2,1-5H3,(H,29,31). The minimum Gasteiger partial charge on any atom is -0.493 e. The van der Waals surface area contributed by atoms with Gasteiger partial charge in [-0.3, -0.25) is 10.0 Å². The van der Waals surface area contributed by atoms with E-state index in [-0.39, 0.29) is 5.91 Å². The Morgan fingerprint density at radius 1 is 1.09 bits per heavy atom. The summed E-state index contributed by atoms with van der Waals surface area (Å²) >= 11 is 3.58. The monoisotopic (exact) mass is 512 g/mol. The molecule has 0 saturated heterocycles. The number of benzene rings is 2. The molecule has 1 aliphatic heterocycles. The summed E-state index contributed by atoms with van der Waals surface area (Å²) in [5, 5.41) is 15.5. The second kappa shape index (κ2) is 10.6. The normalized spacial score (nSPS) is 15.4. The average molecular weight is 513 g/mol. The molecule has 3 rings (SSSR count). The van der Waals surface area contributed by atoms with Gasteiger partial charge in [0.05, 0.1) is 17.8 Å². The van der Waals surface area contributed by atoms with E-state index in [1.54, 1.807) is 0 Å². The fourth-order valence-electron chi connectivity index (χ4n) is 3.99. The van der Waals surface area contributed by atoms with Crippen LogP contribution in [0.1, 0.15) is 57.7 Å². The summed E-state index contributed by atoms with van der Waals surface area (Å²) in [6, 6.07) is 13.5. The average Bonchev–Trinajstić information content (AvgIpc) is 2.80. The molecule has 33 heavy (non-hydrogen) atoms. The van der Waals surface area contributed by atoms with Crippen LogP contribution in [0.2, 0.25) is 0 Å². The van der Waals surface area contributed by atoms with Gasteiger partial charge in [0.15, 0.2) is 0 Å². The highest BCUT2D eigenvalue weighted by Gasteiger charge is 2.38. The smallest absolute Gasteiger partial charge is 0.261 e. The minimum atomic E-state index is -0.751. The Bertz CT molecular complexity index is 1050. The lowest BCUT2D eigenvalue weighted by atomic mass is 9.91. The van der Waals surface area contributed by atoms with Crippen molar-refractivity contribution in [1.82, 2.24) is 5.06 Å². The Morgan fingerprint density at radius 2 is 1.70 bits per heavy atom. The van der Waals surface area contributed by atoms with E-state index in [1.165, 1.54) is 5.06 Å². The van der Waals surface area contributed by atoms with Gasteiger partial charge in [-0.25, -0.2) is 5.06 Å². The highest BCUT2D eigenvalue weighted by Crippen LogP contribution is 2.39. The number of amides is 1. The third-order valence-corrected chi connectivity index (χ3v) is 6.19. The van der Waals surface area contributed by atoms with E-state index in [9.17, 15) is 10.0 Å². The van der Waals surface area contributed by atoms with Gasteiger partial charge in [-0.05, 0) is 62.4 Å².